The van der Waals surface area contributed by atoms with Gasteiger partial charge in [0.25, 0.3) is 5.89 Å². The van der Waals surface area contributed by atoms with Gasteiger partial charge in [-0.1, -0.05) is 17.6 Å². The summed E-state index contributed by atoms with van der Waals surface area (Å²) in [4.78, 5) is 4.31. The monoisotopic (exact) mass is 279 g/mol. The van der Waals surface area contributed by atoms with Gasteiger partial charge in [0.15, 0.2) is 5.82 Å². The predicted octanol–water partition coefficient (Wildman–Crippen LogP) is 3.42. The third kappa shape index (κ3) is 2.45. The minimum absolute atomic E-state index is 0.164. The normalized spacial score (nSPS) is 19.5. The molecule has 0 saturated carbocycles. The molecule has 1 aliphatic rings. The van der Waals surface area contributed by atoms with E-state index in [1.807, 2.05) is 11.8 Å². The second kappa shape index (κ2) is 5.21. The number of hydrogen-bond acceptors (Lipinski definition) is 5. The van der Waals surface area contributed by atoms with Crippen molar-refractivity contribution in [2.45, 2.75) is 24.5 Å². The van der Waals surface area contributed by atoms with Gasteiger partial charge in [-0.2, -0.15) is 16.7 Å². The van der Waals surface area contributed by atoms with Crippen molar-refractivity contribution in [1.29, 1.82) is 0 Å². The molecule has 3 rings (SSSR count). The van der Waals surface area contributed by atoms with Crippen molar-refractivity contribution >= 4 is 17.4 Å². The highest BCUT2D eigenvalue weighted by Gasteiger charge is 2.23. The summed E-state index contributed by atoms with van der Waals surface area (Å²) in [6.45, 7) is 0. The molecule has 19 heavy (non-hydrogen) atoms. The van der Waals surface area contributed by atoms with E-state index in [-0.39, 0.29) is 16.7 Å². The Morgan fingerprint density at radius 3 is 3.00 bits per heavy atom. The number of aromatic nitrogens is 2. The van der Waals surface area contributed by atoms with Crippen LogP contribution in [0.3, 0.4) is 0 Å². The fourth-order valence-corrected chi connectivity index (χ4v) is 3.41. The SMILES string of the molecule is Nc1cccc(F)c1-c1nc(C2CCCCS2)no1. The Bertz CT molecular complexity index is 561. The van der Waals surface area contributed by atoms with Gasteiger partial charge in [-0.05, 0) is 30.7 Å². The zero-order chi connectivity index (χ0) is 13.2. The third-order valence-corrected chi connectivity index (χ3v) is 4.54. The van der Waals surface area contributed by atoms with Crippen LogP contribution in [0.1, 0.15) is 30.3 Å². The standard InChI is InChI=1S/C13H14FN3OS/c14-8-4-3-5-9(15)11(8)13-16-12(17-18-13)10-6-1-2-7-19-10/h3-5,10H,1-2,6-7,15H2. The molecule has 0 bridgehead atoms. The minimum atomic E-state index is -0.438. The number of anilines is 1. The van der Waals surface area contributed by atoms with Crippen LogP contribution < -0.4 is 5.73 Å². The molecule has 1 aromatic heterocycles. The highest BCUT2D eigenvalue weighted by Crippen LogP contribution is 2.38. The molecule has 0 amide bonds. The molecule has 1 fully saturated rings. The number of nitrogen functional groups attached to an aromatic ring is 1. The number of nitrogens with zero attached hydrogens (tertiary/aromatic N) is 2. The Kier molecular flexibility index (Phi) is 3.42. The molecule has 100 valence electrons. The van der Waals surface area contributed by atoms with E-state index in [2.05, 4.69) is 10.1 Å². The second-order valence-corrected chi connectivity index (χ2v) is 5.83. The molecule has 1 unspecified atom stereocenters. The molecule has 2 aromatic rings. The Balaban J connectivity index is 1.92. The number of halogens is 1. The van der Waals surface area contributed by atoms with Crippen molar-refractivity contribution in [1.82, 2.24) is 10.1 Å². The zero-order valence-corrected chi connectivity index (χ0v) is 11.1. The maximum atomic E-state index is 13.8. The van der Waals surface area contributed by atoms with E-state index in [1.165, 1.54) is 18.9 Å². The quantitative estimate of drug-likeness (QED) is 0.853. The summed E-state index contributed by atoms with van der Waals surface area (Å²) >= 11 is 1.82. The topological polar surface area (TPSA) is 64.9 Å². The first kappa shape index (κ1) is 12.5. The van der Waals surface area contributed by atoms with Gasteiger partial charge in [0.1, 0.15) is 5.82 Å². The fraction of sp³-hybridized carbons (Fsp3) is 0.385. The van der Waals surface area contributed by atoms with Crippen molar-refractivity contribution < 1.29 is 8.91 Å². The van der Waals surface area contributed by atoms with Crippen LogP contribution in [0.4, 0.5) is 10.1 Å². The average Bonchev–Trinajstić information content (AvgIpc) is 2.89. The molecule has 1 atom stereocenters. The fourth-order valence-electron chi connectivity index (χ4n) is 2.18. The molecule has 6 heteroatoms. The number of rotatable bonds is 2. The summed E-state index contributed by atoms with van der Waals surface area (Å²) < 4.78 is 18.9. The summed E-state index contributed by atoms with van der Waals surface area (Å²) in [7, 11) is 0. The van der Waals surface area contributed by atoms with Crippen molar-refractivity contribution in [3.05, 3.63) is 29.8 Å². The van der Waals surface area contributed by atoms with Crippen molar-refractivity contribution in [3.8, 4) is 11.5 Å². The molecule has 4 nitrogen and oxygen atoms in total. The molecule has 1 aliphatic heterocycles. The Morgan fingerprint density at radius 2 is 2.26 bits per heavy atom. The van der Waals surface area contributed by atoms with Crippen LogP contribution in [0.15, 0.2) is 22.7 Å². The molecular formula is C13H14FN3OS. The molecule has 0 aliphatic carbocycles. The van der Waals surface area contributed by atoms with Crippen LogP contribution in [-0.2, 0) is 0 Å². The highest BCUT2D eigenvalue weighted by atomic mass is 32.2. The summed E-state index contributed by atoms with van der Waals surface area (Å²) in [5, 5.41) is 4.22. The molecule has 1 aromatic carbocycles. The lowest BCUT2D eigenvalue weighted by atomic mass is 10.1. The molecular weight excluding hydrogens is 265 g/mol. The number of hydrogen-bond donors (Lipinski definition) is 1. The van der Waals surface area contributed by atoms with Gasteiger partial charge in [-0.15, -0.1) is 0 Å². The van der Waals surface area contributed by atoms with Gasteiger partial charge in [0.2, 0.25) is 0 Å². The summed E-state index contributed by atoms with van der Waals surface area (Å²) in [5.74, 6) is 1.47. The minimum Gasteiger partial charge on any atom is -0.398 e. The first-order valence-corrected chi connectivity index (χ1v) is 7.30. The van der Waals surface area contributed by atoms with Crippen molar-refractivity contribution in [2.75, 3.05) is 11.5 Å². The molecule has 0 spiro atoms. The number of thioether (sulfide) groups is 1. The summed E-state index contributed by atoms with van der Waals surface area (Å²) in [6, 6.07) is 4.52. The van der Waals surface area contributed by atoms with E-state index in [0.717, 1.165) is 12.2 Å². The molecule has 2 N–H and O–H groups in total. The van der Waals surface area contributed by atoms with Gasteiger partial charge >= 0.3 is 0 Å². The van der Waals surface area contributed by atoms with E-state index in [4.69, 9.17) is 10.3 Å². The van der Waals surface area contributed by atoms with E-state index in [9.17, 15) is 4.39 Å². The number of benzene rings is 1. The van der Waals surface area contributed by atoms with Crippen LogP contribution in [0.2, 0.25) is 0 Å². The first-order chi connectivity index (χ1) is 9.25. The lowest BCUT2D eigenvalue weighted by Gasteiger charge is -2.17. The maximum Gasteiger partial charge on any atom is 0.263 e. The molecule has 1 saturated heterocycles. The lowest BCUT2D eigenvalue weighted by molar-refractivity contribution is 0.418. The smallest absolute Gasteiger partial charge is 0.263 e. The third-order valence-electron chi connectivity index (χ3n) is 3.17. The van der Waals surface area contributed by atoms with E-state index >= 15 is 0 Å². The van der Waals surface area contributed by atoms with Crippen LogP contribution in [0.5, 0.6) is 0 Å². The largest absolute Gasteiger partial charge is 0.398 e. The summed E-state index contributed by atoms with van der Waals surface area (Å²) in [6.07, 6.45) is 3.44. The lowest BCUT2D eigenvalue weighted by Crippen LogP contribution is -2.03. The average molecular weight is 279 g/mol. The Hall–Kier alpha value is -1.56. The summed E-state index contributed by atoms with van der Waals surface area (Å²) in [5.41, 5.74) is 6.28. The van der Waals surface area contributed by atoms with Crippen LogP contribution in [0, 0.1) is 5.82 Å². The molecule has 0 radical (unpaired) electrons. The van der Waals surface area contributed by atoms with Crippen molar-refractivity contribution in [3.63, 3.8) is 0 Å². The van der Waals surface area contributed by atoms with E-state index < -0.39 is 5.82 Å². The second-order valence-electron chi connectivity index (χ2n) is 4.52. The predicted molar refractivity (Wildman–Crippen MR) is 73.2 cm³/mol. The number of nitrogens with two attached hydrogens (primary N) is 1. The Labute approximate surface area is 114 Å². The maximum absolute atomic E-state index is 13.8. The Morgan fingerprint density at radius 1 is 1.37 bits per heavy atom. The van der Waals surface area contributed by atoms with Gasteiger partial charge in [0, 0.05) is 5.69 Å². The first-order valence-electron chi connectivity index (χ1n) is 6.25. The van der Waals surface area contributed by atoms with Gasteiger partial charge in [-0.3, -0.25) is 0 Å². The zero-order valence-electron chi connectivity index (χ0n) is 10.3. The van der Waals surface area contributed by atoms with Gasteiger partial charge in [-0.25, -0.2) is 4.39 Å². The van der Waals surface area contributed by atoms with Gasteiger partial charge < -0.3 is 10.3 Å². The van der Waals surface area contributed by atoms with Crippen LogP contribution in [0.25, 0.3) is 11.5 Å². The van der Waals surface area contributed by atoms with Crippen LogP contribution >= 0.6 is 11.8 Å². The van der Waals surface area contributed by atoms with E-state index in [0.29, 0.717) is 11.5 Å². The van der Waals surface area contributed by atoms with Gasteiger partial charge in [0.05, 0.1) is 10.8 Å². The molecule has 2 heterocycles. The van der Waals surface area contributed by atoms with Crippen LogP contribution in [-0.4, -0.2) is 15.9 Å². The van der Waals surface area contributed by atoms with E-state index in [1.54, 1.807) is 12.1 Å². The highest BCUT2D eigenvalue weighted by molar-refractivity contribution is 7.99. The van der Waals surface area contributed by atoms with Crippen molar-refractivity contribution in [2.24, 2.45) is 0 Å².